The molecule has 0 bridgehead atoms. The first-order valence-corrected chi connectivity index (χ1v) is 12.8. The van der Waals surface area contributed by atoms with E-state index in [9.17, 15) is 14.7 Å². The number of hydrogen-bond acceptors (Lipinski definition) is 7. The lowest BCUT2D eigenvalue weighted by Gasteiger charge is -2.44. The van der Waals surface area contributed by atoms with Gasteiger partial charge in [0, 0.05) is 24.7 Å². The Morgan fingerprint density at radius 3 is 2.70 bits per heavy atom. The molecule has 2 aromatic rings. The number of nitrogens with zero attached hydrogens (tertiary/aromatic N) is 2. The van der Waals surface area contributed by atoms with Crippen molar-refractivity contribution in [2.75, 3.05) is 13.7 Å². The quantitative estimate of drug-likeness (QED) is 0.553. The molecule has 9 heteroatoms. The van der Waals surface area contributed by atoms with Crippen molar-refractivity contribution in [2.24, 2.45) is 10.7 Å². The molecule has 4 atom stereocenters. The first-order chi connectivity index (χ1) is 17.8. The number of rotatable bonds is 6. The summed E-state index contributed by atoms with van der Waals surface area (Å²) in [4.78, 5) is 33.1. The van der Waals surface area contributed by atoms with Gasteiger partial charge in [-0.1, -0.05) is 38.1 Å². The summed E-state index contributed by atoms with van der Waals surface area (Å²) in [5.41, 5.74) is 8.87. The monoisotopic (exact) mass is 506 g/mol. The number of carbonyl (C=O) groups is 2. The largest absolute Gasteiger partial charge is 0.490 e. The third-order valence-corrected chi connectivity index (χ3v) is 8.08. The van der Waals surface area contributed by atoms with Crippen LogP contribution in [-0.2, 0) is 16.0 Å². The van der Waals surface area contributed by atoms with Crippen molar-refractivity contribution in [3.63, 3.8) is 0 Å². The summed E-state index contributed by atoms with van der Waals surface area (Å²) in [6, 6.07) is 11.7. The Morgan fingerprint density at radius 2 is 2.00 bits per heavy atom. The normalized spacial score (nSPS) is 26.1. The zero-order valence-corrected chi connectivity index (χ0v) is 21.4. The van der Waals surface area contributed by atoms with E-state index in [-0.39, 0.29) is 30.8 Å². The Labute approximate surface area is 216 Å². The second-order valence-corrected chi connectivity index (χ2v) is 10.0. The highest BCUT2D eigenvalue weighted by Gasteiger charge is 2.45. The molecule has 2 amide bonds. The second kappa shape index (κ2) is 9.79. The molecular weight excluding hydrogens is 472 g/mol. The molecule has 0 fully saturated rings. The summed E-state index contributed by atoms with van der Waals surface area (Å²) >= 11 is 0. The number of amides is 2. The molecule has 2 aromatic carbocycles. The Hall–Kier alpha value is -3.43. The molecule has 0 spiro atoms. The van der Waals surface area contributed by atoms with Gasteiger partial charge in [0.2, 0.25) is 5.91 Å². The van der Waals surface area contributed by atoms with Gasteiger partial charge in [-0.15, -0.1) is 0 Å². The molecule has 0 saturated heterocycles. The fraction of sp³-hybridized carbons (Fsp3) is 0.464. The van der Waals surface area contributed by atoms with Crippen molar-refractivity contribution in [1.29, 1.82) is 0 Å². The summed E-state index contributed by atoms with van der Waals surface area (Å²) in [5.74, 6) is 0.256. The highest BCUT2D eigenvalue weighted by atomic mass is 16.5. The van der Waals surface area contributed by atoms with Gasteiger partial charge in [-0.3, -0.25) is 14.5 Å². The van der Waals surface area contributed by atoms with E-state index < -0.39 is 29.8 Å². The average molecular weight is 507 g/mol. The van der Waals surface area contributed by atoms with Crippen molar-refractivity contribution in [3.8, 4) is 5.75 Å². The van der Waals surface area contributed by atoms with Gasteiger partial charge in [0.25, 0.3) is 5.91 Å². The lowest BCUT2D eigenvalue weighted by molar-refractivity contribution is -0.135. The van der Waals surface area contributed by atoms with Crippen LogP contribution in [0, 0.1) is 0 Å². The van der Waals surface area contributed by atoms with Crippen molar-refractivity contribution >= 4 is 17.8 Å². The van der Waals surface area contributed by atoms with E-state index in [2.05, 4.69) is 5.32 Å². The molecule has 196 valence electrons. The standard InChI is InChI=1S/C28H34N4O5/c1-4-28(5-2)14-23(34)32(27(29)31-28)25-19-12-17(10-11-21(19)37-15-22(25)36-3)26(35)30-24-18-9-7-6-8-16(18)13-20(24)33/h6-12,20,22,24-25,33H,4-5,13-15H2,1-3H3,(H2,29,31)(H,30,35)/t20-,22-,24-,25?/m1/s1. The third kappa shape index (κ3) is 4.36. The van der Waals surface area contributed by atoms with E-state index in [0.29, 0.717) is 36.1 Å². The topological polar surface area (TPSA) is 126 Å². The zero-order chi connectivity index (χ0) is 26.3. The number of nitrogens with one attached hydrogen (secondary N) is 1. The fourth-order valence-corrected chi connectivity index (χ4v) is 5.78. The Morgan fingerprint density at radius 1 is 1.24 bits per heavy atom. The van der Waals surface area contributed by atoms with E-state index in [0.717, 1.165) is 11.1 Å². The Bertz CT molecular complexity index is 1240. The maximum Gasteiger partial charge on any atom is 0.251 e. The number of aliphatic hydroxyl groups excluding tert-OH is 1. The van der Waals surface area contributed by atoms with Gasteiger partial charge in [-0.05, 0) is 42.2 Å². The number of fused-ring (bicyclic) bond motifs is 2. The zero-order valence-electron chi connectivity index (χ0n) is 21.4. The van der Waals surface area contributed by atoms with Crippen LogP contribution in [0.5, 0.6) is 5.75 Å². The molecule has 1 aliphatic carbocycles. The lowest BCUT2D eigenvalue weighted by Crippen LogP contribution is -2.56. The minimum atomic E-state index is -0.702. The van der Waals surface area contributed by atoms with Crippen LogP contribution in [0.25, 0.3) is 0 Å². The van der Waals surface area contributed by atoms with Crippen LogP contribution in [0.15, 0.2) is 47.5 Å². The van der Waals surface area contributed by atoms with E-state index >= 15 is 0 Å². The number of benzene rings is 2. The molecule has 4 N–H and O–H groups in total. The highest BCUT2D eigenvalue weighted by molar-refractivity contribution is 6.00. The molecule has 0 radical (unpaired) electrons. The van der Waals surface area contributed by atoms with E-state index in [1.807, 2.05) is 38.1 Å². The molecule has 0 saturated carbocycles. The van der Waals surface area contributed by atoms with Gasteiger partial charge in [-0.2, -0.15) is 0 Å². The minimum Gasteiger partial charge on any atom is -0.490 e. The van der Waals surface area contributed by atoms with Crippen LogP contribution in [-0.4, -0.2) is 59.2 Å². The first kappa shape index (κ1) is 25.2. The molecule has 3 aliphatic rings. The summed E-state index contributed by atoms with van der Waals surface area (Å²) in [6.45, 7) is 4.25. The predicted octanol–water partition coefficient (Wildman–Crippen LogP) is 2.63. The molecule has 5 rings (SSSR count). The summed E-state index contributed by atoms with van der Waals surface area (Å²) < 4.78 is 11.6. The van der Waals surface area contributed by atoms with Gasteiger partial charge in [0.05, 0.1) is 30.1 Å². The molecular formula is C28H34N4O5. The molecule has 1 unspecified atom stereocenters. The van der Waals surface area contributed by atoms with Crippen LogP contribution in [0.2, 0.25) is 0 Å². The summed E-state index contributed by atoms with van der Waals surface area (Å²) in [7, 11) is 1.56. The number of carbonyl (C=O) groups excluding carboxylic acids is 2. The van der Waals surface area contributed by atoms with E-state index in [4.69, 9.17) is 20.2 Å². The molecule has 9 nitrogen and oxygen atoms in total. The first-order valence-electron chi connectivity index (χ1n) is 12.8. The number of aliphatic imine (C=N–C) groups is 1. The fourth-order valence-electron chi connectivity index (χ4n) is 5.78. The summed E-state index contributed by atoms with van der Waals surface area (Å²) in [5, 5.41) is 13.6. The second-order valence-electron chi connectivity index (χ2n) is 10.0. The van der Waals surface area contributed by atoms with Crippen LogP contribution in [0.4, 0.5) is 0 Å². The van der Waals surface area contributed by atoms with E-state index in [1.54, 1.807) is 25.3 Å². The number of nitrogens with two attached hydrogens (primary N) is 1. The maximum atomic E-state index is 13.5. The number of hydrogen-bond donors (Lipinski definition) is 3. The molecule has 37 heavy (non-hydrogen) atoms. The average Bonchev–Trinajstić information content (AvgIpc) is 3.22. The third-order valence-electron chi connectivity index (χ3n) is 8.08. The van der Waals surface area contributed by atoms with Gasteiger partial charge in [-0.25, -0.2) is 4.99 Å². The SMILES string of the molecule is CCC1(CC)CC(=O)N(C2c3cc(C(=O)N[C@@H]4c5ccccc5C[C@H]4O)ccc3OC[C@H]2OC)C(N)=N1. The van der Waals surface area contributed by atoms with Crippen molar-refractivity contribution in [2.45, 2.75) is 69.4 Å². The predicted molar refractivity (Wildman–Crippen MR) is 138 cm³/mol. The molecule has 2 aliphatic heterocycles. The molecule has 2 heterocycles. The molecule has 0 aromatic heterocycles. The number of guanidine groups is 1. The van der Waals surface area contributed by atoms with Crippen LogP contribution in [0.3, 0.4) is 0 Å². The Balaban J connectivity index is 1.48. The van der Waals surface area contributed by atoms with Crippen molar-refractivity contribution in [1.82, 2.24) is 10.2 Å². The van der Waals surface area contributed by atoms with Gasteiger partial charge < -0.3 is 25.6 Å². The van der Waals surface area contributed by atoms with Crippen LogP contribution >= 0.6 is 0 Å². The van der Waals surface area contributed by atoms with Gasteiger partial charge in [0.15, 0.2) is 5.96 Å². The van der Waals surface area contributed by atoms with Crippen LogP contribution in [0.1, 0.15) is 72.2 Å². The van der Waals surface area contributed by atoms with E-state index in [1.165, 1.54) is 4.90 Å². The number of methoxy groups -OCH3 is 1. The van der Waals surface area contributed by atoms with Crippen molar-refractivity contribution < 1.29 is 24.2 Å². The minimum absolute atomic E-state index is 0.128. The highest BCUT2D eigenvalue weighted by Crippen LogP contribution is 2.41. The number of aliphatic hydroxyl groups is 1. The Kier molecular flexibility index (Phi) is 6.68. The van der Waals surface area contributed by atoms with Gasteiger partial charge in [0.1, 0.15) is 18.5 Å². The van der Waals surface area contributed by atoms with Crippen molar-refractivity contribution in [3.05, 3.63) is 64.7 Å². The number of ether oxygens (including phenoxy) is 2. The van der Waals surface area contributed by atoms with Gasteiger partial charge >= 0.3 is 0 Å². The smallest absolute Gasteiger partial charge is 0.251 e. The lowest BCUT2D eigenvalue weighted by atomic mass is 9.86. The van der Waals surface area contributed by atoms with Crippen LogP contribution < -0.4 is 15.8 Å². The summed E-state index contributed by atoms with van der Waals surface area (Å²) in [6.07, 6.45) is 0.965. The maximum absolute atomic E-state index is 13.5.